The minimum Gasteiger partial charge on any atom is -0.360 e. The highest BCUT2D eigenvalue weighted by Crippen LogP contribution is 2.20. The number of anilines is 1. The van der Waals surface area contributed by atoms with Crippen LogP contribution in [-0.2, 0) is 4.79 Å². The van der Waals surface area contributed by atoms with Gasteiger partial charge in [-0.15, -0.1) is 0 Å². The summed E-state index contributed by atoms with van der Waals surface area (Å²) in [6, 6.07) is 7.29. The number of carbonyl (C=O) groups excluding carboxylic acids is 1. The Balaban J connectivity index is 1.99. The van der Waals surface area contributed by atoms with Gasteiger partial charge in [-0.1, -0.05) is 24.6 Å². The molecule has 1 aliphatic rings. The molecule has 1 amide bonds. The molecule has 4 nitrogen and oxygen atoms in total. The van der Waals surface area contributed by atoms with E-state index in [-0.39, 0.29) is 11.9 Å². The molecule has 0 heterocycles. The van der Waals surface area contributed by atoms with Crippen LogP contribution in [0.2, 0.25) is 5.02 Å². The smallest absolute Gasteiger partial charge is 0.246 e. The Morgan fingerprint density at radius 3 is 2.82 bits per heavy atom. The number of thiocarbonyl (C=S) groups is 1. The summed E-state index contributed by atoms with van der Waals surface area (Å²) < 4.78 is 0. The summed E-state index contributed by atoms with van der Waals surface area (Å²) in [5, 5.41) is 7.46. The Labute approximate surface area is 142 Å². The van der Waals surface area contributed by atoms with Gasteiger partial charge in [-0.25, -0.2) is 0 Å². The Bertz CT molecular complexity index is 548. The van der Waals surface area contributed by atoms with Gasteiger partial charge in [0.15, 0.2) is 5.11 Å². The lowest BCUT2D eigenvalue weighted by molar-refractivity contribution is -0.119. The van der Waals surface area contributed by atoms with Crippen molar-refractivity contribution in [2.45, 2.75) is 45.2 Å². The lowest BCUT2D eigenvalue weighted by atomic mass is 10.2. The maximum atomic E-state index is 12.5. The van der Waals surface area contributed by atoms with Crippen molar-refractivity contribution in [1.29, 1.82) is 0 Å². The molecule has 1 atom stereocenters. The monoisotopic (exact) mass is 339 g/mol. The van der Waals surface area contributed by atoms with Crippen LogP contribution in [0.1, 0.15) is 33.1 Å². The van der Waals surface area contributed by atoms with Gasteiger partial charge in [0.25, 0.3) is 0 Å². The maximum Gasteiger partial charge on any atom is 0.246 e. The van der Waals surface area contributed by atoms with E-state index in [1.165, 1.54) is 0 Å². The van der Waals surface area contributed by atoms with E-state index in [4.69, 9.17) is 23.8 Å². The average molecular weight is 340 g/mol. The van der Waals surface area contributed by atoms with Gasteiger partial charge in [-0.2, -0.15) is 0 Å². The van der Waals surface area contributed by atoms with Gasteiger partial charge in [0, 0.05) is 23.3 Å². The molecule has 1 saturated carbocycles. The van der Waals surface area contributed by atoms with Crippen LogP contribution in [0.4, 0.5) is 5.69 Å². The number of amides is 1. The van der Waals surface area contributed by atoms with Crippen molar-refractivity contribution < 1.29 is 4.79 Å². The molecule has 0 unspecified atom stereocenters. The van der Waals surface area contributed by atoms with E-state index in [9.17, 15) is 4.79 Å². The molecule has 1 aromatic carbocycles. The second-order valence-corrected chi connectivity index (χ2v) is 6.42. The molecule has 0 radical (unpaired) electrons. The summed E-state index contributed by atoms with van der Waals surface area (Å²) in [5.74, 6) is -0.0873. The number of hydrogen-bond acceptors (Lipinski definition) is 2. The zero-order chi connectivity index (χ0) is 16.1. The number of benzene rings is 1. The molecule has 0 spiro atoms. The predicted octanol–water partition coefficient (Wildman–Crippen LogP) is 3.42. The van der Waals surface area contributed by atoms with Crippen molar-refractivity contribution in [3.8, 4) is 0 Å². The van der Waals surface area contributed by atoms with Gasteiger partial charge in [-0.3, -0.25) is 4.79 Å². The first-order valence-corrected chi connectivity index (χ1v) is 8.43. The Hall–Kier alpha value is -1.33. The van der Waals surface area contributed by atoms with Crippen molar-refractivity contribution in [2.24, 2.45) is 0 Å². The largest absolute Gasteiger partial charge is 0.360 e. The third-order valence-corrected chi connectivity index (χ3v) is 4.16. The van der Waals surface area contributed by atoms with Crippen LogP contribution in [0, 0.1) is 0 Å². The third-order valence-electron chi connectivity index (χ3n) is 3.57. The third kappa shape index (κ3) is 4.85. The van der Waals surface area contributed by atoms with Crippen molar-refractivity contribution in [1.82, 2.24) is 10.2 Å². The van der Waals surface area contributed by atoms with Gasteiger partial charge in [-0.05, 0) is 56.6 Å². The number of halogens is 1. The quantitative estimate of drug-likeness (QED) is 0.779. The second kappa shape index (κ2) is 7.79. The molecule has 0 aliphatic heterocycles. The van der Waals surface area contributed by atoms with Crippen LogP contribution in [-0.4, -0.2) is 34.5 Å². The molecule has 0 saturated heterocycles. The fraction of sp³-hybridized carbons (Fsp3) is 0.500. The van der Waals surface area contributed by atoms with Crippen LogP contribution >= 0.6 is 23.8 Å². The maximum absolute atomic E-state index is 12.5. The second-order valence-electron chi connectivity index (χ2n) is 5.59. The Morgan fingerprint density at radius 2 is 2.23 bits per heavy atom. The van der Waals surface area contributed by atoms with Crippen molar-refractivity contribution >= 4 is 40.5 Å². The zero-order valence-corrected chi connectivity index (χ0v) is 14.5. The highest BCUT2D eigenvalue weighted by Gasteiger charge is 2.28. The summed E-state index contributed by atoms with van der Waals surface area (Å²) in [7, 11) is 0. The highest BCUT2D eigenvalue weighted by atomic mass is 35.5. The zero-order valence-electron chi connectivity index (χ0n) is 12.9. The molecule has 1 fully saturated rings. The topological polar surface area (TPSA) is 44.4 Å². The molecule has 22 heavy (non-hydrogen) atoms. The van der Waals surface area contributed by atoms with Gasteiger partial charge in [0.1, 0.15) is 6.04 Å². The molecule has 2 N–H and O–H groups in total. The standard InChI is InChI=1S/C16H22ClN3OS/c1-3-9-20(16(22)19-13-7-8-13)11(2)15(21)18-14-6-4-5-12(17)10-14/h4-6,10-11,13H,3,7-9H2,1-2H3,(H,18,21)(H,19,22)/t11-/m0/s1. The summed E-state index contributed by atoms with van der Waals surface area (Å²) >= 11 is 11.4. The first-order chi connectivity index (χ1) is 10.5. The summed E-state index contributed by atoms with van der Waals surface area (Å²) in [4.78, 5) is 14.4. The molecular formula is C16H22ClN3OS. The van der Waals surface area contributed by atoms with Gasteiger partial charge < -0.3 is 15.5 Å². The molecule has 2 rings (SSSR count). The Morgan fingerprint density at radius 1 is 1.50 bits per heavy atom. The summed E-state index contributed by atoms with van der Waals surface area (Å²) in [5.41, 5.74) is 0.696. The molecule has 120 valence electrons. The molecular weight excluding hydrogens is 318 g/mol. The van der Waals surface area contributed by atoms with Crippen LogP contribution in [0.15, 0.2) is 24.3 Å². The van der Waals surface area contributed by atoms with Crippen LogP contribution in [0.25, 0.3) is 0 Å². The molecule has 0 bridgehead atoms. The normalized spacial score (nSPS) is 15.0. The lowest BCUT2D eigenvalue weighted by Crippen LogP contribution is -2.50. The van der Waals surface area contributed by atoms with E-state index in [0.29, 0.717) is 21.9 Å². The van der Waals surface area contributed by atoms with E-state index >= 15 is 0 Å². The Kier molecular flexibility index (Phi) is 6.03. The van der Waals surface area contributed by atoms with Crippen molar-refractivity contribution in [2.75, 3.05) is 11.9 Å². The number of nitrogens with zero attached hydrogens (tertiary/aromatic N) is 1. The van der Waals surface area contributed by atoms with Gasteiger partial charge in [0.2, 0.25) is 5.91 Å². The van der Waals surface area contributed by atoms with Gasteiger partial charge in [0.05, 0.1) is 0 Å². The van der Waals surface area contributed by atoms with E-state index < -0.39 is 0 Å². The van der Waals surface area contributed by atoms with E-state index in [1.54, 1.807) is 12.1 Å². The van der Waals surface area contributed by atoms with Crippen molar-refractivity contribution in [3.05, 3.63) is 29.3 Å². The van der Waals surface area contributed by atoms with E-state index in [1.807, 2.05) is 24.0 Å². The van der Waals surface area contributed by atoms with E-state index in [0.717, 1.165) is 25.8 Å². The van der Waals surface area contributed by atoms with Crippen LogP contribution in [0.3, 0.4) is 0 Å². The van der Waals surface area contributed by atoms with Gasteiger partial charge >= 0.3 is 0 Å². The van der Waals surface area contributed by atoms with Crippen LogP contribution < -0.4 is 10.6 Å². The first-order valence-electron chi connectivity index (χ1n) is 7.64. The van der Waals surface area contributed by atoms with Crippen LogP contribution in [0.5, 0.6) is 0 Å². The molecule has 1 aliphatic carbocycles. The number of nitrogens with one attached hydrogen (secondary N) is 2. The summed E-state index contributed by atoms with van der Waals surface area (Å²) in [6.07, 6.45) is 3.24. The lowest BCUT2D eigenvalue weighted by Gasteiger charge is -2.30. The fourth-order valence-electron chi connectivity index (χ4n) is 2.15. The van der Waals surface area contributed by atoms with Crippen molar-refractivity contribution in [3.63, 3.8) is 0 Å². The number of hydrogen-bond donors (Lipinski definition) is 2. The minimum atomic E-state index is -0.335. The predicted molar refractivity (Wildman–Crippen MR) is 95.3 cm³/mol. The SMILES string of the molecule is CCCN(C(=S)NC1CC1)[C@@H](C)C(=O)Nc1cccc(Cl)c1. The first kappa shape index (κ1) is 17.0. The number of rotatable bonds is 6. The summed E-state index contributed by atoms with van der Waals surface area (Å²) in [6.45, 7) is 4.70. The van der Waals surface area contributed by atoms with E-state index in [2.05, 4.69) is 17.6 Å². The fourth-order valence-corrected chi connectivity index (χ4v) is 2.76. The minimum absolute atomic E-state index is 0.0873. The highest BCUT2D eigenvalue weighted by molar-refractivity contribution is 7.80. The molecule has 1 aromatic rings. The molecule has 0 aromatic heterocycles. The molecule has 6 heteroatoms. The number of carbonyl (C=O) groups is 1. The average Bonchev–Trinajstić information content (AvgIpc) is 3.27.